The Morgan fingerprint density at radius 3 is 0.192 bits per heavy atom. The summed E-state index contributed by atoms with van der Waals surface area (Å²) < 4.78 is 0. The SMILES string of the molecule is C1CCC1.CC.CC.CC.CC.CC.CC.CC.CC.CC.CC.CC. The van der Waals surface area contributed by atoms with Gasteiger partial charge < -0.3 is 0 Å². The maximum Gasteiger partial charge on any atom is -0.0533 e. The Labute approximate surface area is 178 Å². The van der Waals surface area contributed by atoms with Gasteiger partial charge >= 0.3 is 0 Å². The van der Waals surface area contributed by atoms with Crippen LogP contribution < -0.4 is 0 Å². The highest BCUT2D eigenvalue weighted by atomic mass is 14.0. The van der Waals surface area contributed by atoms with Crippen LogP contribution in [0.4, 0.5) is 0 Å². The lowest BCUT2D eigenvalue weighted by molar-refractivity contribution is 0.504. The molecule has 1 rings (SSSR count). The summed E-state index contributed by atoms with van der Waals surface area (Å²) in [7, 11) is 0. The molecule has 0 heterocycles. The van der Waals surface area contributed by atoms with E-state index >= 15 is 0 Å². The van der Waals surface area contributed by atoms with Crippen LogP contribution in [-0.2, 0) is 0 Å². The average Bonchev–Trinajstić information content (AvgIpc) is 2.82. The predicted molar refractivity (Wildman–Crippen MR) is 143 cm³/mol. The van der Waals surface area contributed by atoms with Gasteiger partial charge in [0.2, 0.25) is 0 Å². The van der Waals surface area contributed by atoms with E-state index in [1.54, 1.807) is 0 Å². The van der Waals surface area contributed by atoms with Crippen molar-refractivity contribution >= 4 is 0 Å². The first-order valence-electron chi connectivity index (χ1n) is 13.0. The van der Waals surface area contributed by atoms with E-state index in [-0.39, 0.29) is 0 Å². The quantitative estimate of drug-likeness (QED) is 0.388. The standard InChI is InChI=1S/C4H8.11C2H6/c1-2-4-3-1;11*1-2/h1-4H2;11*1-2H3. The van der Waals surface area contributed by atoms with E-state index in [1.807, 2.05) is 152 Å². The molecule has 1 aliphatic rings. The zero-order valence-corrected chi connectivity index (χ0v) is 24.8. The first-order chi connectivity index (χ1) is 13.0. The Bertz CT molecular complexity index is 8.00. The van der Waals surface area contributed by atoms with Crippen molar-refractivity contribution in [2.24, 2.45) is 0 Å². The first kappa shape index (κ1) is 72.2. The number of rotatable bonds is 0. The summed E-state index contributed by atoms with van der Waals surface area (Å²) in [6.45, 7) is 44.0. The summed E-state index contributed by atoms with van der Waals surface area (Å²) in [6.07, 6.45) is 6.00. The molecule has 0 bridgehead atoms. The Kier molecular flexibility index (Phi) is 2500. The molecule has 0 aliphatic heterocycles. The third kappa shape index (κ3) is 794. The fourth-order valence-corrected chi connectivity index (χ4v) is 0.250. The topological polar surface area (TPSA) is 0 Å². The molecule has 0 aromatic rings. The molecule has 178 valence electrons. The van der Waals surface area contributed by atoms with Gasteiger partial charge in [-0.3, -0.25) is 0 Å². The smallest absolute Gasteiger partial charge is 0.0533 e. The molecule has 0 amide bonds. The van der Waals surface area contributed by atoms with E-state index in [0.717, 1.165) is 0 Å². The summed E-state index contributed by atoms with van der Waals surface area (Å²) in [6, 6.07) is 0. The summed E-state index contributed by atoms with van der Waals surface area (Å²) in [5, 5.41) is 0. The summed E-state index contributed by atoms with van der Waals surface area (Å²) in [4.78, 5) is 0. The van der Waals surface area contributed by atoms with Crippen molar-refractivity contribution in [2.45, 2.75) is 178 Å². The van der Waals surface area contributed by atoms with Crippen LogP contribution in [0.5, 0.6) is 0 Å². The Morgan fingerprint density at radius 1 is 0.154 bits per heavy atom. The zero-order valence-electron chi connectivity index (χ0n) is 24.8. The lowest BCUT2D eigenvalue weighted by atomic mass is 10.0. The van der Waals surface area contributed by atoms with Crippen LogP contribution in [0.15, 0.2) is 0 Å². The van der Waals surface area contributed by atoms with Crippen molar-refractivity contribution in [3.05, 3.63) is 0 Å². The van der Waals surface area contributed by atoms with E-state index in [1.165, 1.54) is 25.7 Å². The molecule has 0 spiro atoms. The van der Waals surface area contributed by atoms with E-state index in [0.29, 0.717) is 0 Å². The fraction of sp³-hybridized carbons (Fsp3) is 1.00. The Morgan fingerprint density at radius 2 is 0.192 bits per heavy atom. The molecule has 26 heavy (non-hydrogen) atoms. The molecule has 0 nitrogen and oxygen atoms in total. The molecular formula is C26H74. The van der Waals surface area contributed by atoms with Crippen molar-refractivity contribution in [3.63, 3.8) is 0 Å². The van der Waals surface area contributed by atoms with Gasteiger partial charge in [0.25, 0.3) is 0 Å². The van der Waals surface area contributed by atoms with Gasteiger partial charge in [-0.05, 0) is 0 Å². The minimum absolute atomic E-state index is 1.50. The Hall–Kier alpha value is 0. The number of hydrogen-bond donors (Lipinski definition) is 0. The predicted octanol–water partition coefficient (Wildman–Crippen LogP) is 12.8. The average molecular weight is 387 g/mol. The molecule has 0 aromatic heterocycles. The molecule has 1 aliphatic carbocycles. The summed E-state index contributed by atoms with van der Waals surface area (Å²) in [5.74, 6) is 0. The highest BCUT2D eigenvalue weighted by molar-refractivity contribution is 4.50. The van der Waals surface area contributed by atoms with Crippen LogP contribution in [-0.4, -0.2) is 0 Å². The maximum absolute atomic E-state index is 2.00. The van der Waals surface area contributed by atoms with E-state index in [2.05, 4.69) is 0 Å². The minimum Gasteiger partial charge on any atom is -0.0683 e. The second-order valence-corrected chi connectivity index (χ2v) is 1.41. The van der Waals surface area contributed by atoms with E-state index in [4.69, 9.17) is 0 Å². The van der Waals surface area contributed by atoms with Crippen LogP contribution in [0, 0.1) is 0 Å². The molecule has 0 atom stereocenters. The molecule has 0 N–H and O–H groups in total. The Balaban J connectivity index is -0.0000000107. The summed E-state index contributed by atoms with van der Waals surface area (Å²) >= 11 is 0. The van der Waals surface area contributed by atoms with Gasteiger partial charge in [0.1, 0.15) is 0 Å². The van der Waals surface area contributed by atoms with Gasteiger partial charge in [-0.2, -0.15) is 0 Å². The third-order valence-corrected chi connectivity index (χ3v) is 1.000. The summed E-state index contributed by atoms with van der Waals surface area (Å²) in [5.41, 5.74) is 0. The van der Waals surface area contributed by atoms with Gasteiger partial charge in [-0.1, -0.05) is 178 Å². The molecular weight excluding hydrogens is 312 g/mol. The normalized spacial score (nSPS) is 6.23. The van der Waals surface area contributed by atoms with Gasteiger partial charge in [0.05, 0.1) is 0 Å². The van der Waals surface area contributed by atoms with Crippen LogP contribution in [0.3, 0.4) is 0 Å². The van der Waals surface area contributed by atoms with E-state index < -0.39 is 0 Å². The molecule has 0 aromatic carbocycles. The highest BCUT2D eigenvalue weighted by Crippen LogP contribution is 2.15. The minimum atomic E-state index is 1.50. The molecule has 1 fully saturated rings. The van der Waals surface area contributed by atoms with Gasteiger partial charge in [0.15, 0.2) is 0 Å². The monoisotopic (exact) mass is 387 g/mol. The van der Waals surface area contributed by atoms with Gasteiger partial charge in [0, 0.05) is 0 Å². The third-order valence-electron chi connectivity index (χ3n) is 1.000. The van der Waals surface area contributed by atoms with Crippen molar-refractivity contribution < 1.29 is 0 Å². The fourth-order valence-electron chi connectivity index (χ4n) is 0.250. The second kappa shape index (κ2) is 900. The van der Waals surface area contributed by atoms with Crippen LogP contribution >= 0.6 is 0 Å². The second-order valence-electron chi connectivity index (χ2n) is 1.41. The highest BCUT2D eigenvalue weighted by Gasteiger charge is 1.95. The molecule has 0 radical (unpaired) electrons. The van der Waals surface area contributed by atoms with Crippen molar-refractivity contribution in [3.8, 4) is 0 Å². The molecule has 0 heteroatoms. The van der Waals surface area contributed by atoms with Crippen LogP contribution in [0.25, 0.3) is 0 Å². The van der Waals surface area contributed by atoms with Crippen molar-refractivity contribution in [1.29, 1.82) is 0 Å². The van der Waals surface area contributed by atoms with Gasteiger partial charge in [-0.25, -0.2) is 0 Å². The zero-order chi connectivity index (χ0) is 24.8. The van der Waals surface area contributed by atoms with Crippen molar-refractivity contribution in [1.82, 2.24) is 0 Å². The number of hydrogen-bond acceptors (Lipinski definition) is 0. The van der Waals surface area contributed by atoms with Crippen LogP contribution in [0.1, 0.15) is 178 Å². The first-order valence-corrected chi connectivity index (χ1v) is 13.0. The van der Waals surface area contributed by atoms with Crippen molar-refractivity contribution in [2.75, 3.05) is 0 Å². The lowest BCUT2D eigenvalue weighted by Gasteiger charge is -2.05. The van der Waals surface area contributed by atoms with Crippen LogP contribution in [0.2, 0.25) is 0 Å². The van der Waals surface area contributed by atoms with E-state index in [9.17, 15) is 0 Å². The van der Waals surface area contributed by atoms with Gasteiger partial charge in [-0.15, -0.1) is 0 Å². The molecule has 1 saturated carbocycles. The lowest BCUT2D eigenvalue weighted by Crippen LogP contribution is -1.85. The largest absolute Gasteiger partial charge is 0.0683 e. The molecule has 0 saturated heterocycles. The maximum atomic E-state index is 2.00. The molecule has 0 unspecified atom stereocenters.